The second kappa shape index (κ2) is 5.99. The van der Waals surface area contributed by atoms with Crippen molar-refractivity contribution in [2.45, 2.75) is 13.8 Å². The van der Waals surface area contributed by atoms with E-state index in [-0.39, 0.29) is 0 Å². The van der Waals surface area contributed by atoms with E-state index < -0.39 is 0 Å². The fourth-order valence-corrected chi connectivity index (χ4v) is 5.02. The minimum absolute atomic E-state index is 1.27. The second-order valence-electron chi connectivity index (χ2n) is 8.62. The van der Waals surface area contributed by atoms with Crippen LogP contribution in [0.25, 0.3) is 54.7 Å². The van der Waals surface area contributed by atoms with Crippen LogP contribution in [0.2, 0.25) is 0 Å². The van der Waals surface area contributed by atoms with E-state index in [1.807, 2.05) is 0 Å². The van der Waals surface area contributed by atoms with Crippen molar-refractivity contribution in [1.82, 2.24) is 9.13 Å². The Morgan fingerprint density at radius 1 is 0.433 bits per heavy atom. The highest BCUT2D eigenvalue weighted by Crippen LogP contribution is 2.35. The van der Waals surface area contributed by atoms with Crippen molar-refractivity contribution in [2.75, 3.05) is 0 Å². The minimum atomic E-state index is 1.27. The maximum atomic E-state index is 2.36. The van der Waals surface area contributed by atoms with Gasteiger partial charge in [0.25, 0.3) is 0 Å². The maximum Gasteiger partial charge on any atom is 0.0489 e. The Morgan fingerprint density at radius 3 is 1.17 bits per heavy atom. The smallest absolute Gasteiger partial charge is 0.0489 e. The van der Waals surface area contributed by atoms with E-state index in [9.17, 15) is 0 Å². The van der Waals surface area contributed by atoms with Crippen LogP contribution in [0.15, 0.2) is 72.8 Å². The Labute approximate surface area is 176 Å². The highest BCUT2D eigenvalue weighted by Gasteiger charge is 2.12. The molecule has 2 nitrogen and oxygen atoms in total. The number of benzene rings is 4. The standard InChI is InChI=1S/C28H24N2/c1-17-5-9-25-21(13-17)23-15-19(7-11-27(23)29(25)3)20-8-12-28-24(16-20)22-14-18(2)6-10-26(22)30(28)4/h5-16H,1-4H3. The maximum absolute atomic E-state index is 2.36. The summed E-state index contributed by atoms with van der Waals surface area (Å²) < 4.78 is 4.59. The normalized spacial score (nSPS) is 12.0. The van der Waals surface area contributed by atoms with Gasteiger partial charge in [0.15, 0.2) is 0 Å². The summed E-state index contributed by atoms with van der Waals surface area (Å²) in [5, 5.41) is 5.30. The van der Waals surface area contributed by atoms with Crippen LogP contribution in [0.5, 0.6) is 0 Å². The third kappa shape index (κ3) is 2.31. The van der Waals surface area contributed by atoms with Gasteiger partial charge in [-0.1, -0.05) is 35.4 Å². The Bertz CT molecular complexity index is 1500. The van der Waals surface area contributed by atoms with Gasteiger partial charge < -0.3 is 9.13 Å². The van der Waals surface area contributed by atoms with Crippen LogP contribution in [0.3, 0.4) is 0 Å². The van der Waals surface area contributed by atoms with E-state index >= 15 is 0 Å². The molecule has 146 valence electrons. The van der Waals surface area contributed by atoms with Crippen molar-refractivity contribution in [1.29, 1.82) is 0 Å². The molecule has 0 aliphatic carbocycles. The number of fused-ring (bicyclic) bond motifs is 6. The van der Waals surface area contributed by atoms with Gasteiger partial charge in [0.05, 0.1) is 0 Å². The number of rotatable bonds is 1. The summed E-state index contributed by atoms with van der Waals surface area (Å²) in [4.78, 5) is 0. The first-order valence-electron chi connectivity index (χ1n) is 10.5. The molecular formula is C28H24N2. The zero-order valence-corrected chi connectivity index (χ0v) is 17.8. The topological polar surface area (TPSA) is 9.86 Å². The van der Waals surface area contributed by atoms with E-state index in [2.05, 4.69) is 110 Å². The van der Waals surface area contributed by atoms with Crippen LogP contribution >= 0.6 is 0 Å². The molecule has 0 saturated carbocycles. The monoisotopic (exact) mass is 388 g/mol. The molecule has 4 aromatic carbocycles. The van der Waals surface area contributed by atoms with Gasteiger partial charge in [-0.2, -0.15) is 0 Å². The fourth-order valence-electron chi connectivity index (χ4n) is 5.02. The Balaban J connectivity index is 1.63. The highest BCUT2D eigenvalue weighted by molar-refractivity contribution is 6.11. The lowest BCUT2D eigenvalue weighted by molar-refractivity contribution is 1.01. The predicted octanol–water partition coefficient (Wildman–Crippen LogP) is 7.26. The van der Waals surface area contributed by atoms with Gasteiger partial charge >= 0.3 is 0 Å². The lowest BCUT2D eigenvalue weighted by Crippen LogP contribution is -1.87. The number of aryl methyl sites for hydroxylation is 4. The van der Waals surface area contributed by atoms with Gasteiger partial charge in [-0.25, -0.2) is 0 Å². The summed E-state index contributed by atoms with van der Waals surface area (Å²) in [6, 6.07) is 27.2. The van der Waals surface area contributed by atoms with Crippen molar-refractivity contribution in [3.8, 4) is 11.1 Å². The van der Waals surface area contributed by atoms with Gasteiger partial charge in [0.1, 0.15) is 0 Å². The molecule has 0 bridgehead atoms. The third-order valence-corrected chi connectivity index (χ3v) is 6.66. The van der Waals surface area contributed by atoms with E-state index in [0.29, 0.717) is 0 Å². The molecule has 0 N–H and O–H groups in total. The van der Waals surface area contributed by atoms with Gasteiger partial charge in [-0.05, 0) is 73.5 Å². The summed E-state index contributed by atoms with van der Waals surface area (Å²) in [5.41, 5.74) is 10.3. The van der Waals surface area contributed by atoms with Gasteiger partial charge in [-0.3, -0.25) is 0 Å². The molecule has 0 spiro atoms. The summed E-state index contributed by atoms with van der Waals surface area (Å²) in [7, 11) is 4.31. The molecule has 6 aromatic rings. The quantitative estimate of drug-likeness (QED) is 0.280. The lowest BCUT2D eigenvalue weighted by atomic mass is 10.00. The first kappa shape index (κ1) is 17.3. The minimum Gasteiger partial charge on any atom is -0.344 e. The molecule has 0 radical (unpaired) electrons. The summed E-state index contributed by atoms with van der Waals surface area (Å²) in [6.45, 7) is 4.33. The molecule has 0 aliphatic rings. The van der Waals surface area contributed by atoms with E-state index in [1.54, 1.807) is 0 Å². The lowest BCUT2D eigenvalue weighted by Gasteiger charge is -2.05. The third-order valence-electron chi connectivity index (χ3n) is 6.66. The van der Waals surface area contributed by atoms with Crippen molar-refractivity contribution in [3.05, 3.63) is 83.9 Å². The van der Waals surface area contributed by atoms with Crippen LogP contribution in [0.4, 0.5) is 0 Å². The zero-order valence-electron chi connectivity index (χ0n) is 17.8. The van der Waals surface area contributed by atoms with Gasteiger partial charge in [-0.15, -0.1) is 0 Å². The average Bonchev–Trinajstić information content (AvgIpc) is 3.19. The predicted molar refractivity (Wildman–Crippen MR) is 129 cm³/mol. The van der Waals surface area contributed by atoms with Gasteiger partial charge in [0.2, 0.25) is 0 Å². The molecule has 30 heavy (non-hydrogen) atoms. The van der Waals surface area contributed by atoms with Crippen molar-refractivity contribution >= 4 is 43.6 Å². The SMILES string of the molecule is Cc1ccc2c(c1)c1cc(-c3ccc4c(c3)c3cc(C)ccc3n4C)ccc1n2C. The summed E-state index contributed by atoms with van der Waals surface area (Å²) >= 11 is 0. The second-order valence-corrected chi connectivity index (χ2v) is 8.62. The highest BCUT2D eigenvalue weighted by atomic mass is 14.9. The first-order chi connectivity index (χ1) is 14.5. The molecule has 6 rings (SSSR count). The molecule has 2 aromatic heterocycles. The number of aromatic nitrogens is 2. The largest absolute Gasteiger partial charge is 0.344 e. The molecule has 2 heterocycles. The van der Waals surface area contributed by atoms with Crippen LogP contribution in [0, 0.1) is 13.8 Å². The molecule has 0 atom stereocenters. The Kier molecular flexibility index (Phi) is 3.47. The Hall–Kier alpha value is -3.52. The van der Waals surface area contributed by atoms with Crippen LogP contribution < -0.4 is 0 Å². The molecule has 0 fully saturated rings. The number of hydrogen-bond donors (Lipinski definition) is 0. The van der Waals surface area contributed by atoms with Crippen molar-refractivity contribution < 1.29 is 0 Å². The van der Waals surface area contributed by atoms with Crippen LogP contribution in [-0.4, -0.2) is 9.13 Å². The molecule has 0 amide bonds. The average molecular weight is 389 g/mol. The van der Waals surface area contributed by atoms with Crippen molar-refractivity contribution in [3.63, 3.8) is 0 Å². The molecule has 0 saturated heterocycles. The van der Waals surface area contributed by atoms with Gasteiger partial charge in [0, 0.05) is 57.7 Å². The van der Waals surface area contributed by atoms with E-state index in [0.717, 1.165) is 0 Å². The van der Waals surface area contributed by atoms with E-state index in [4.69, 9.17) is 0 Å². The van der Waals surface area contributed by atoms with Crippen LogP contribution in [-0.2, 0) is 14.1 Å². The first-order valence-corrected chi connectivity index (χ1v) is 10.5. The number of nitrogens with zero attached hydrogens (tertiary/aromatic N) is 2. The van der Waals surface area contributed by atoms with E-state index in [1.165, 1.54) is 65.9 Å². The Morgan fingerprint density at radius 2 is 0.767 bits per heavy atom. The fraction of sp³-hybridized carbons (Fsp3) is 0.143. The molecule has 0 aliphatic heterocycles. The van der Waals surface area contributed by atoms with Crippen molar-refractivity contribution in [2.24, 2.45) is 14.1 Å². The molecular weight excluding hydrogens is 364 g/mol. The molecule has 0 unspecified atom stereocenters. The molecule has 2 heteroatoms. The summed E-state index contributed by atoms with van der Waals surface area (Å²) in [5.74, 6) is 0. The summed E-state index contributed by atoms with van der Waals surface area (Å²) in [6.07, 6.45) is 0. The zero-order chi connectivity index (χ0) is 20.6. The number of hydrogen-bond acceptors (Lipinski definition) is 0. The van der Waals surface area contributed by atoms with Crippen LogP contribution in [0.1, 0.15) is 11.1 Å².